The molecule has 0 aromatic heterocycles. The van der Waals surface area contributed by atoms with Crippen LogP contribution >= 0.6 is 0 Å². The zero-order valence-corrected chi connectivity index (χ0v) is 17.9. The zero-order valence-electron chi connectivity index (χ0n) is 17.9. The summed E-state index contributed by atoms with van der Waals surface area (Å²) >= 11 is 0. The summed E-state index contributed by atoms with van der Waals surface area (Å²) in [5, 5.41) is 25.8. The molecule has 8 heteroatoms. The molecule has 0 unspecified atom stereocenters. The van der Waals surface area contributed by atoms with E-state index in [1.165, 1.54) is 0 Å². The molecule has 4 N–H and O–H groups in total. The molecular weight excluding hydrogens is 386 g/mol. The smallest absolute Gasteiger partial charge is 0.255 e. The minimum Gasteiger partial charge on any atom is -0.489 e. The van der Waals surface area contributed by atoms with Gasteiger partial charge in [-0.15, -0.1) is 0 Å². The van der Waals surface area contributed by atoms with Crippen LogP contribution in [0.5, 0.6) is 11.5 Å². The van der Waals surface area contributed by atoms with Gasteiger partial charge in [0.15, 0.2) is 11.5 Å². The van der Waals surface area contributed by atoms with Crippen LogP contribution in [0.3, 0.4) is 0 Å². The third-order valence-corrected chi connectivity index (χ3v) is 5.63. The second-order valence-corrected chi connectivity index (χ2v) is 8.03. The van der Waals surface area contributed by atoms with Crippen molar-refractivity contribution in [1.29, 1.82) is 0 Å². The maximum atomic E-state index is 13.0. The number of hydrogen-bond acceptors (Lipinski definition) is 7. The summed E-state index contributed by atoms with van der Waals surface area (Å²) in [5.74, 6) is 0.880. The summed E-state index contributed by atoms with van der Waals surface area (Å²) < 4.78 is 11.6. The van der Waals surface area contributed by atoms with Gasteiger partial charge in [-0.1, -0.05) is 6.92 Å². The number of benzene rings is 1. The van der Waals surface area contributed by atoms with Crippen molar-refractivity contribution in [3.8, 4) is 11.5 Å². The van der Waals surface area contributed by atoms with Gasteiger partial charge < -0.3 is 35.2 Å². The van der Waals surface area contributed by atoms with Crippen molar-refractivity contribution in [2.45, 2.75) is 38.7 Å². The Kier molecular flexibility index (Phi) is 8.60. The predicted molar refractivity (Wildman–Crippen MR) is 115 cm³/mol. The number of rotatable bonds is 9. The Balaban J connectivity index is 1.64. The molecule has 1 saturated heterocycles. The van der Waals surface area contributed by atoms with Gasteiger partial charge in [-0.05, 0) is 31.9 Å². The Bertz CT molecular complexity index is 700. The van der Waals surface area contributed by atoms with Crippen molar-refractivity contribution in [3.63, 3.8) is 0 Å². The molecule has 1 aromatic carbocycles. The molecule has 168 valence electrons. The normalized spacial score (nSPS) is 21.7. The van der Waals surface area contributed by atoms with Crippen LogP contribution in [0.2, 0.25) is 0 Å². The van der Waals surface area contributed by atoms with Gasteiger partial charge in [0.2, 0.25) is 0 Å². The van der Waals surface area contributed by atoms with Crippen LogP contribution in [0.4, 0.5) is 5.69 Å². The van der Waals surface area contributed by atoms with Crippen molar-refractivity contribution in [2.24, 2.45) is 5.92 Å². The number of amides is 1. The Morgan fingerprint density at radius 1 is 1.30 bits per heavy atom. The second-order valence-electron chi connectivity index (χ2n) is 8.03. The van der Waals surface area contributed by atoms with Gasteiger partial charge in [-0.3, -0.25) is 4.79 Å². The highest BCUT2D eigenvalue weighted by Gasteiger charge is 2.28. The molecule has 8 nitrogen and oxygen atoms in total. The molecule has 30 heavy (non-hydrogen) atoms. The number of carbonyl (C=O) groups excluding carboxylic acids is 1. The molecule has 0 spiro atoms. The van der Waals surface area contributed by atoms with Crippen LogP contribution in [0.15, 0.2) is 12.1 Å². The van der Waals surface area contributed by atoms with E-state index >= 15 is 0 Å². The zero-order chi connectivity index (χ0) is 21.3. The Labute approximate surface area is 178 Å². The number of likely N-dealkylation sites (tertiary alicyclic amines) is 1. The molecular formula is C22H35N3O5. The van der Waals surface area contributed by atoms with Crippen LogP contribution in [-0.2, 0) is 0 Å². The summed E-state index contributed by atoms with van der Waals surface area (Å²) in [7, 11) is 0. The van der Waals surface area contributed by atoms with Crippen molar-refractivity contribution in [1.82, 2.24) is 10.2 Å². The molecule has 0 bridgehead atoms. The average molecular weight is 422 g/mol. The van der Waals surface area contributed by atoms with Gasteiger partial charge in [-0.2, -0.15) is 0 Å². The Hall–Kier alpha value is -2.03. The highest BCUT2D eigenvalue weighted by Crippen LogP contribution is 2.36. The van der Waals surface area contributed by atoms with Gasteiger partial charge in [0.05, 0.1) is 24.9 Å². The van der Waals surface area contributed by atoms with Crippen molar-refractivity contribution >= 4 is 11.6 Å². The summed E-state index contributed by atoms with van der Waals surface area (Å²) in [4.78, 5) is 15.2. The number of nitrogens with zero attached hydrogens (tertiary/aromatic N) is 1. The average Bonchev–Trinajstić information content (AvgIpc) is 3.00. The molecule has 0 saturated carbocycles. The molecule has 0 radical (unpaired) electrons. The van der Waals surface area contributed by atoms with E-state index in [-0.39, 0.29) is 18.4 Å². The van der Waals surface area contributed by atoms with E-state index in [1.807, 2.05) is 12.1 Å². The van der Waals surface area contributed by atoms with Gasteiger partial charge in [0.25, 0.3) is 5.91 Å². The number of fused-ring (bicyclic) bond motifs is 1. The largest absolute Gasteiger partial charge is 0.489 e. The molecule has 3 rings (SSSR count). The predicted octanol–water partition coefficient (Wildman–Crippen LogP) is 1.46. The first-order valence-electron chi connectivity index (χ1n) is 11.1. The summed E-state index contributed by atoms with van der Waals surface area (Å²) in [6, 6.07) is 3.70. The lowest BCUT2D eigenvalue weighted by Gasteiger charge is -2.36. The second kappa shape index (κ2) is 11.4. The van der Waals surface area contributed by atoms with Crippen LogP contribution in [0, 0.1) is 5.92 Å². The number of aliphatic hydroxyl groups is 2. The first-order chi connectivity index (χ1) is 14.6. The molecule has 1 fully saturated rings. The number of piperidine rings is 1. The first kappa shape index (κ1) is 22.7. The van der Waals surface area contributed by atoms with E-state index in [9.17, 15) is 9.90 Å². The molecule has 1 amide bonds. The van der Waals surface area contributed by atoms with E-state index in [0.717, 1.165) is 44.6 Å². The number of β-amino-alcohol motifs (C(OH)–C–C–N with tert-alkyl or cyclic N) is 1. The standard InChI is InChI=1S/C22H35N3O5/c1-2-6-23-17-12-18(21-20(13-17)29-10-4-11-30-21)22(28)24-14-16-5-8-25(7-3-9-26)15-19(16)27/h12-13,16,19,23,26-27H,2-11,14-15H2,1H3,(H,24,28)/t16-,19+/m0/s1. The number of hydrogen-bond donors (Lipinski definition) is 4. The third-order valence-electron chi connectivity index (χ3n) is 5.63. The summed E-state index contributed by atoms with van der Waals surface area (Å²) in [6.45, 7) is 6.76. The highest BCUT2D eigenvalue weighted by molar-refractivity contribution is 5.99. The quantitative estimate of drug-likeness (QED) is 0.479. The monoisotopic (exact) mass is 421 g/mol. The first-order valence-corrected chi connectivity index (χ1v) is 11.1. The lowest BCUT2D eigenvalue weighted by molar-refractivity contribution is 0.0201. The van der Waals surface area contributed by atoms with Gasteiger partial charge in [0, 0.05) is 56.9 Å². The Morgan fingerprint density at radius 3 is 2.90 bits per heavy atom. The molecule has 2 atom stereocenters. The van der Waals surface area contributed by atoms with E-state index in [4.69, 9.17) is 14.6 Å². The van der Waals surface area contributed by atoms with Crippen LogP contribution in [0.1, 0.15) is 43.0 Å². The van der Waals surface area contributed by atoms with E-state index in [1.54, 1.807) is 0 Å². The fourth-order valence-electron chi connectivity index (χ4n) is 3.91. The maximum absolute atomic E-state index is 13.0. The van der Waals surface area contributed by atoms with E-state index in [2.05, 4.69) is 22.5 Å². The molecule has 2 aliphatic heterocycles. The number of anilines is 1. The highest BCUT2D eigenvalue weighted by atomic mass is 16.5. The SMILES string of the molecule is CCCNc1cc2c(c(C(=O)NC[C@@H]3CCN(CCCO)C[C@H]3O)c1)OCCCO2. The lowest BCUT2D eigenvalue weighted by Crippen LogP contribution is -2.48. The number of nitrogens with one attached hydrogen (secondary N) is 2. The maximum Gasteiger partial charge on any atom is 0.255 e. The fraction of sp³-hybridized carbons (Fsp3) is 0.682. The van der Waals surface area contributed by atoms with Crippen LogP contribution in [-0.4, -0.2) is 79.7 Å². The molecule has 2 heterocycles. The minimum atomic E-state index is -0.494. The van der Waals surface area contributed by atoms with Crippen molar-refractivity contribution in [3.05, 3.63) is 17.7 Å². The van der Waals surface area contributed by atoms with Gasteiger partial charge in [-0.25, -0.2) is 0 Å². The van der Waals surface area contributed by atoms with Crippen molar-refractivity contribution in [2.75, 3.05) is 57.9 Å². The summed E-state index contributed by atoms with van der Waals surface area (Å²) in [6.07, 6.45) is 2.78. The minimum absolute atomic E-state index is 0.0106. The summed E-state index contributed by atoms with van der Waals surface area (Å²) in [5.41, 5.74) is 1.30. The number of carbonyl (C=O) groups is 1. The molecule has 2 aliphatic rings. The third kappa shape index (κ3) is 6.00. The van der Waals surface area contributed by atoms with Gasteiger partial charge in [0.1, 0.15) is 0 Å². The molecule has 0 aliphatic carbocycles. The van der Waals surface area contributed by atoms with Gasteiger partial charge >= 0.3 is 0 Å². The Morgan fingerprint density at radius 2 is 2.13 bits per heavy atom. The van der Waals surface area contributed by atoms with Crippen molar-refractivity contribution < 1.29 is 24.5 Å². The number of aliphatic hydroxyl groups excluding tert-OH is 2. The van der Waals surface area contributed by atoms with Crippen LogP contribution < -0.4 is 20.1 Å². The van der Waals surface area contributed by atoms with E-state index < -0.39 is 6.10 Å². The van der Waals surface area contributed by atoms with Crippen LogP contribution in [0.25, 0.3) is 0 Å². The molecule has 1 aromatic rings. The lowest BCUT2D eigenvalue weighted by atomic mass is 9.93. The van der Waals surface area contributed by atoms with E-state index in [0.29, 0.717) is 49.8 Å². The fourth-order valence-corrected chi connectivity index (χ4v) is 3.91. The number of ether oxygens (including phenoxy) is 2. The topological polar surface area (TPSA) is 103 Å².